The maximum atomic E-state index is 13.3. The molecule has 3 aromatic carbocycles. The third-order valence-electron chi connectivity index (χ3n) is 4.90. The van der Waals surface area contributed by atoms with E-state index in [9.17, 15) is 39.5 Å². The Balaban J connectivity index is 2.33. The smallest absolute Gasteiger partial charge is 0.166 e. The molecule has 0 nitrogen and oxygen atoms in total. The summed E-state index contributed by atoms with van der Waals surface area (Å²) in [6.45, 7) is 0. The SMILES string of the molecule is CS(c1cccc(C(F)(F)F)c1)(c1cccc(C(F)(F)F)c1)c1cccc(C(F)(F)F)c1. The molecule has 0 aromatic heterocycles. The van der Waals surface area contributed by atoms with Crippen molar-refractivity contribution in [2.75, 3.05) is 6.26 Å². The lowest BCUT2D eigenvalue weighted by Gasteiger charge is -2.38. The Morgan fingerprint density at radius 2 is 0.719 bits per heavy atom. The van der Waals surface area contributed by atoms with E-state index in [4.69, 9.17) is 0 Å². The first-order chi connectivity index (χ1) is 14.6. The molecule has 0 aliphatic rings. The van der Waals surface area contributed by atoms with Crippen LogP contribution in [0, 0.1) is 0 Å². The molecule has 0 fully saturated rings. The van der Waals surface area contributed by atoms with E-state index >= 15 is 0 Å². The second-order valence-electron chi connectivity index (χ2n) is 7.00. The van der Waals surface area contributed by atoms with Crippen LogP contribution >= 0.6 is 10.0 Å². The van der Waals surface area contributed by atoms with Crippen LogP contribution in [0.5, 0.6) is 0 Å². The number of halogens is 9. The highest BCUT2D eigenvalue weighted by molar-refractivity contribution is 8.33. The van der Waals surface area contributed by atoms with Crippen molar-refractivity contribution in [3.63, 3.8) is 0 Å². The molecule has 3 aromatic rings. The van der Waals surface area contributed by atoms with Gasteiger partial charge in [-0.3, -0.25) is 0 Å². The summed E-state index contributed by atoms with van der Waals surface area (Å²) in [7, 11) is -2.92. The van der Waals surface area contributed by atoms with Crippen LogP contribution in [0.4, 0.5) is 39.5 Å². The van der Waals surface area contributed by atoms with E-state index < -0.39 is 45.2 Å². The lowest BCUT2D eigenvalue weighted by atomic mass is 10.2. The quantitative estimate of drug-likeness (QED) is 0.328. The Kier molecular flexibility index (Phi) is 6.05. The van der Waals surface area contributed by atoms with Gasteiger partial charge in [0.2, 0.25) is 0 Å². The molecule has 0 heterocycles. The highest BCUT2D eigenvalue weighted by atomic mass is 32.3. The molecule has 0 spiro atoms. The molecule has 0 atom stereocenters. The highest BCUT2D eigenvalue weighted by Crippen LogP contribution is 2.66. The molecule has 0 radical (unpaired) electrons. The summed E-state index contributed by atoms with van der Waals surface area (Å²) in [5.41, 5.74) is -3.15. The van der Waals surface area contributed by atoms with Crippen LogP contribution in [0.3, 0.4) is 0 Å². The zero-order valence-electron chi connectivity index (χ0n) is 16.2. The number of alkyl halides is 9. The average molecular weight is 482 g/mol. The number of hydrogen-bond donors (Lipinski definition) is 0. The molecule has 0 unspecified atom stereocenters. The lowest BCUT2D eigenvalue weighted by molar-refractivity contribution is -0.138. The summed E-state index contributed by atoms with van der Waals surface area (Å²) in [6.07, 6.45) is -12.8. The third-order valence-corrected chi connectivity index (χ3v) is 8.49. The van der Waals surface area contributed by atoms with E-state index in [2.05, 4.69) is 0 Å². The van der Waals surface area contributed by atoms with Crippen LogP contribution in [0.25, 0.3) is 0 Å². The molecule has 32 heavy (non-hydrogen) atoms. The second-order valence-corrected chi connectivity index (χ2v) is 10.2. The second kappa shape index (κ2) is 8.06. The monoisotopic (exact) mass is 482 g/mol. The van der Waals surface area contributed by atoms with Crippen molar-refractivity contribution in [3.05, 3.63) is 89.5 Å². The van der Waals surface area contributed by atoms with E-state index in [1.807, 2.05) is 0 Å². The van der Waals surface area contributed by atoms with Crippen molar-refractivity contribution >= 4 is 10.0 Å². The summed E-state index contributed by atoms with van der Waals surface area (Å²) in [5, 5.41) is 0. The van der Waals surface area contributed by atoms with Crippen LogP contribution in [-0.2, 0) is 18.5 Å². The Morgan fingerprint density at radius 3 is 0.938 bits per heavy atom. The largest absolute Gasteiger partial charge is 0.416 e. The highest BCUT2D eigenvalue weighted by Gasteiger charge is 2.37. The van der Waals surface area contributed by atoms with Gasteiger partial charge in [-0.2, -0.15) is 49.5 Å². The van der Waals surface area contributed by atoms with Gasteiger partial charge in [-0.15, -0.1) is 0 Å². The van der Waals surface area contributed by atoms with E-state index in [-0.39, 0.29) is 14.7 Å². The van der Waals surface area contributed by atoms with E-state index in [1.165, 1.54) is 24.5 Å². The fourth-order valence-electron chi connectivity index (χ4n) is 3.19. The normalized spacial score (nSPS) is 13.8. The van der Waals surface area contributed by atoms with Gasteiger partial charge in [0.1, 0.15) is 0 Å². The molecule has 0 amide bonds. The Bertz CT molecular complexity index is 972. The molecule has 0 saturated carbocycles. The first-order valence-electron chi connectivity index (χ1n) is 8.94. The first kappa shape index (κ1) is 24.0. The van der Waals surface area contributed by atoms with Gasteiger partial charge in [-0.05, 0) is 75.5 Å². The fourth-order valence-corrected chi connectivity index (χ4v) is 6.14. The molecule has 0 aliphatic heterocycles. The standard InChI is InChI=1S/C22H15F9S/c1-32(17-8-2-5-14(11-17)20(23,24)25,18-9-3-6-15(12-18)21(26,27)28)19-10-4-7-16(13-19)22(29,30)31/h2-13H,1H3. The summed E-state index contributed by atoms with van der Waals surface area (Å²) < 4.78 is 120. The van der Waals surface area contributed by atoms with Crippen molar-refractivity contribution in [2.45, 2.75) is 33.2 Å². The minimum atomic E-state index is -4.74. The maximum Gasteiger partial charge on any atom is 0.416 e. The molecule has 0 bridgehead atoms. The topological polar surface area (TPSA) is 0 Å². The van der Waals surface area contributed by atoms with Crippen molar-refractivity contribution in [3.8, 4) is 0 Å². The van der Waals surface area contributed by atoms with Crippen molar-refractivity contribution < 1.29 is 39.5 Å². The van der Waals surface area contributed by atoms with Crippen molar-refractivity contribution in [2.24, 2.45) is 0 Å². The fraction of sp³-hybridized carbons (Fsp3) is 0.182. The Morgan fingerprint density at radius 1 is 0.469 bits per heavy atom. The summed E-state index contributed by atoms with van der Waals surface area (Å²) in [5.74, 6) is 0. The summed E-state index contributed by atoms with van der Waals surface area (Å²) in [4.78, 5) is -0.0667. The van der Waals surface area contributed by atoms with E-state index in [0.29, 0.717) is 0 Å². The van der Waals surface area contributed by atoms with Gasteiger partial charge < -0.3 is 0 Å². The van der Waals surface area contributed by atoms with Gasteiger partial charge >= 0.3 is 18.5 Å². The molecular weight excluding hydrogens is 467 g/mol. The van der Waals surface area contributed by atoms with Gasteiger partial charge in [0.25, 0.3) is 0 Å². The lowest BCUT2D eigenvalue weighted by Crippen LogP contribution is -2.10. The van der Waals surface area contributed by atoms with Gasteiger partial charge in [-0.1, -0.05) is 18.2 Å². The minimum Gasteiger partial charge on any atom is -0.166 e. The molecule has 0 N–H and O–H groups in total. The van der Waals surface area contributed by atoms with Gasteiger partial charge in [-0.25, -0.2) is 0 Å². The van der Waals surface area contributed by atoms with Crippen molar-refractivity contribution in [1.29, 1.82) is 0 Å². The van der Waals surface area contributed by atoms with Crippen LogP contribution in [0.2, 0.25) is 0 Å². The maximum absolute atomic E-state index is 13.3. The molecule has 172 valence electrons. The average Bonchev–Trinajstić information content (AvgIpc) is 2.71. The first-order valence-corrected chi connectivity index (χ1v) is 11.0. The van der Waals surface area contributed by atoms with Gasteiger partial charge in [0.05, 0.1) is 16.7 Å². The zero-order valence-corrected chi connectivity index (χ0v) is 17.1. The molecule has 0 aliphatic carbocycles. The van der Waals surface area contributed by atoms with Crippen molar-refractivity contribution in [1.82, 2.24) is 0 Å². The Labute approximate surface area is 179 Å². The van der Waals surface area contributed by atoms with E-state index in [1.54, 1.807) is 0 Å². The number of hydrogen-bond acceptors (Lipinski definition) is 0. The predicted molar refractivity (Wildman–Crippen MR) is 103 cm³/mol. The predicted octanol–water partition coefficient (Wildman–Crippen LogP) is 8.65. The Hall–Kier alpha value is -2.62. The van der Waals surface area contributed by atoms with Crippen LogP contribution < -0.4 is 0 Å². The number of benzene rings is 3. The van der Waals surface area contributed by atoms with Gasteiger partial charge in [0, 0.05) is 0 Å². The third kappa shape index (κ3) is 4.74. The minimum absolute atomic E-state index is 0.0222. The van der Waals surface area contributed by atoms with Crippen LogP contribution in [0.15, 0.2) is 87.5 Å². The van der Waals surface area contributed by atoms with Gasteiger partial charge in [0.15, 0.2) is 0 Å². The van der Waals surface area contributed by atoms with Crippen LogP contribution in [-0.4, -0.2) is 6.26 Å². The van der Waals surface area contributed by atoms with E-state index in [0.717, 1.165) is 54.6 Å². The zero-order chi connectivity index (χ0) is 23.9. The molecular formula is C22H15F9S. The number of rotatable bonds is 3. The molecule has 3 rings (SSSR count). The summed E-state index contributed by atoms with van der Waals surface area (Å²) >= 11 is 0. The summed E-state index contributed by atoms with van der Waals surface area (Å²) in [6, 6.07) is 11.8. The van der Waals surface area contributed by atoms with Crippen LogP contribution in [0.1, 0.15) is 16.7 Å². The molecule has 10 heteroatoms. The molecule has 0 saturated heterocycles.